The molecule has 6 nitrogen and oxygen atoms in total. The van der Waals surface area contributed by atoms with Gasteiger partial charge in [-0.3, -0.25) is 0 Å². The van der Waals surface area contributed by atoms with Crippen LogP contribution in [0.3, 0.4) is 0 Å². The summed E-state index contributed by atoms with van der Waals surface area (Å²) in [4.78, 5) is 14.0. The van der Waals surface area contributed by atoms with Crippen LogP contribution in [0, 0.1) is 0 Å². The summed E-state index contributed by atoms with van der Waals surface area (Å²) in [5.74, 6) is 1.27. The van der Waals surface area contributed by atoms with E-state index in [9.17, 15) is 4.79 Å². The Balaban J connectivity index is 1.89. The molecule has 1 unspecified atom stereocenters. The van der Waals surface area contributed by atoms with Crippen molar-refractivity contribution in [2.45, 2.75) is 31.8 Å². The van der Waals surface area contributed by atoms with Gasteiger partial charge in [-0.1, -0.05) is 0 Å². The first-order chi connectivity index (χ1) is 11.1. The largest absolute Gasteiger partial charge is 0.497 e. The highest BCUT2D eigenvalue weighted by atomic mass is 16.5. The van der Waals surface area contributed by atoms with Gasteiger partial charge in [0.15, 0.2) is 0 Å². The third-order valence-electron chi connectivity index (χ3n) is 4.06. The molecular formula is C17H26N2O4. The molecule has 0 aromatic heterocycles. The van der Waals surface area contributed by atoms with Crippen LogP contribution in [0.15, 0.2) is 18.2 Å². The molecule has 0 saturated carbocycles. The van der Waals surface area contributed by atoms with Crippen molar-refractivity contribution in [3.8, 4) is 11.5 Å². The number of benzene rings is 1. The highest BCUT2D eigenvalue weighted by Crippen LogP contribution is 2.29. The Kier molecular flexibility index (Phi) is 6.52. The van der Waals surface area contributed by atoms with Gasteiger partial charge in [0.2, 0.25) is 0 Å². The molecule has 0 radical (unpaired) electrons. The van der Waals surface area contributed by atoms with Gasteiger partial charge in [0.05, 0.1) is 26.0 Å². The van der Waals surface area contributed by atoms with Crippen molar-refractivity contribution in [3.63, 3.8) is 0 Å². The lowest BCUT2D eigenvalue weighted by Gasteiger charge is -2.25. The summed E-state index contributed by atoms with van der Waals surface area (Å²) in [6, 6.07) is 5.13. The van der Waals surface area contributed by atoms with Crippen LogP contribution in [0.5, 0.6) is 11.5 Å². The van der Waals surface area contributed by atoms with E-state index in [1.165, 1.54) is 6.42 Å². The van der Waals surface area contributed by atoms with Crippen LogP contribution < -0.4 is 14.8 Å². The summed E-state index contributed by atoms with van der Waals surface area (Å²) in [6.07, 6.45) is 4.56. The fourth-order valence-electron chi connectivity index (χ4n) is 2.60. The van der Waals surface area contributed by atoms with Gasteiger partial charge in [-0.2, -0.15) is 0 Å². The van der Waals surface area contributed by atoms with E-state index in [0.717, 1.165) is 25.9 Å². The molecule has 1 N–H and O–H groups in total. The molecule has 0 spiro atoms. The van der Waals surface area contributed by atoms with E-state index in [-0.39, 0.29) is 12.1 Å². The van der Waals surface area contributed by atoms with Crippen molar-refractivity contribution < 1.29 is 19.0 Å². The first-order valence-electron chi connectivity index (χ1n) is 7.99. The van der Waals surface area contributed by atoms with Crippen LogP contribution in [-0.2, 0) is 4.74 Å². The molecule has 0 aliphatic carbocycles. The third-order valence-corrected chi connectivity index (χ3v) is 4.06. The average molecular weight is 322 g/mol. The number of ether oxygens (including phenoxy) is 3. The number of nitrogens with one attached hydrogen (secondary N) is 1. The number of hydrogen-bond acceptors (Lipinski definition) is 4. The van der Waals surface area contributed by atoms with Gasteiger partial charge in [-0.05, 0) is 37.8 Å². The number of carbonyl (C=O) groups excluding carboxylic acids is 1. The molecule has 23 heavy (non-hydrogen) atoms. The Bertz CT molecular complexity index is 515. The number of amides is 2. The quantitative estimate of drug-likeness (QED) is 0.874. The molecule has 1 aliphatic rings. The number of anilines is 1. The molecule has 1 heterocycles. The van der Waals surface area contributed by atoms with Crippen LogP contribution in [0.2, 0.25) is 0 Å². The predicted molar refractivity (Wildman–Crippen MR) is 89.4 cm³/mol. The van der Waals surface area contributed by atoms with Crippen LogP contribution in [0.4, 0.5) is 10.5 Å². The zero-order valence-corrected chi connectivity index (χ0v) is 14.1. The van der Waals surface area contributed by atoms with Gasteiger partial charge in [0.1, 0.15) is 11.5 Å². The number of nitrogens with zero attached hydrogens (tertiary/aromatic N) is 1. The summed E-state index contributed by atoms with van der Waals surface area (Å²) < 4.78 is 16.2. The first-order valence-corrected chi connectivity index (χ1v) is 7.99. The Morgan fingerprint density at radius 3 is 2.83 bits per heavy atom. The van der Waals surface area contributed by atoms with E-state index in [2.05, 4.69) is 5.32 Å². The molecule has 1 aromatic rings. The number of methoxy groups -OCH3 is 2. The second kappa shape index (κ2) is 8.62. The van der Waals surface area contributed by atoms with E-state index in [4.69, 9.17) is 14.2 Å². The minimum Gasteiger partial charge on any atom is -0.497 e. The van der Waals surface area contributed by atoms with E-state index < -0.39 is 0 Å². The summed E-state index contributed by atoms with van der Waals surface area (Å²) in [5.41, 5.74) is 0.595. The zero-order chi connectivity index (χ0) is 16.7. The molecule has 1 aromatic carbocycles. The van der Waals surface area contributed by atoms with Gasteiger partial charge >= 0.3 is 6.03 Å². The highest BCUT2D eigenvalue weighted by molar-refractivity contribution is 5.91. The fourth-order valence-corrected chi connectivity index (χ4v) is 2.60. The smallest absolute Gasteiger partial charge is 0.321 e. The van der Waals surface area contributed by atoms with Gasteiger partial charge in [-0.15, -0.1) is 0 Å². The molecule has 1 atom stereocenters. The summed E-state index contributed by atoms with van der Waals surface area (Å²) in [5, 5.41) is 2.86. The van der Waals surface area contributed by atoms with E-state index in [0.29, 0.717) is 23.7 Å². The third kappa shape index (κ3) is 5.03. The lowest BCUT2D eigenvalue weighted by Crippen LogP contribution is -2.34. The number of carbonyl (C=O) groups is 1. The van der Waals surface area contributed by atoms with Gasteiger partial charge in [-0.25, -0.2) is 4.79 Å². The molecule has 128 valence electrons. The highest BCUT2D eigenvalue weighted by Gasteiger charge is 2.17. The Morgan fingerprint density at radius 1 is 1.35 bits per heavy atom. The van der Waals surface area contributed by atoms with Gasteiger partial charge in [0, 0.05) is 26.3 Å². The maximum absolute atomic E-state index is 12.3. The van der Waals surface area contributed by atoms with Crippen LogP contribution in [-0.4, -0.2) is 51.5 Å². The lowest BCUT2D eigenvalue weighted by molar-refractivity contribution is 0.00848. The molecule has 1 fully saturated rings. The zero-order valence-electron chi connectivity index (χ0n) is 14.1. The van der Waals surface area contributed by atoms with Crippen molar-refractivity contribution in [3.05, 3.63) is 18.2 Å². The number of rotatable bonds is 6. The summed E-state index contributed by atoms with van der Waals surface area (Å²) in [7, 11) is 4.94. The topological polar surface area (TPSA) is 60.0 Å². The minimum atomic E-state index is -0.174. The Labute approximate surface area is 137 Å². The Hall–Kier alpha value is -1.95. The number of hydrogen-bond donors (Lipinski definition) is 1. The first kappa shape index (κ1) is 17.4. The molecule has 1 saturated heterocycles. The monoisotopic (exact) mass is 322 g/mol. The molecule has 2 rings (SSSR count). The standard InChI is InChI=1S/C17H26N2O4/c1-19(10-9-13-6-4-5-11-23-13)17(20)18-15-12-14(21-2)7-8-16(15)22-3/h7-8,12-13H,4-6,9-11H2,1-3H3,(H,18,20). The van der Waals surface area contributed by atoms with Crippen LogP contribution in [0.1, 0.15) is 25.7 Å². The van der Waals surface area contributed by atoms with Gasteiger partial charge < -0.3 is 24.4 Å². The normalized spacial score (nSPS) is 17.4. The van der Waals surface area contributed by atoms with Crippen molar-refractivity contribution in [2.75, 3.05) is 39.7 Å². The maximum Gasteiger partial charge on any atom is 0.321 e. The van der Waals surface area contributed by atoms with Crippen molar-refractivity contribution in [1.29, 1.82) is 0 Å². The minimum absolute atomic E-state index is 0.174. The Morgan fingerprint density at radius 2 is 2.17 bits per heavy atom. The van der Waals surface area contributed by atoms with Gasteiger partial charge in [0.25, 0.3) is 0 Å². The fraction of sp³-hybridized carbons (Fsp3) is 0.588. The van der Waals surface area contributed by atoms with E-state index in [1.807, 2.05) is 0 Å². The van der Waals surface area contributed by atoms with Crippen molar-refractivity contribution in [2.24, 2.45) is 0 Å². The molecule has 2 amide bonds. The van der Waals surface area contributed by atoms with Crippen LogP contribution >= 0.6 is 0 Å². The molecular weight excluding hydrogens is 296 g/mol. The second-order valence-electron chi connectivity index (χ2n) is 5.70. The molecule has 6 heteroatoms. The SMILES string of the molecule is COc1ccc(OC)c(NC(=O)N(C)CCC2CCCCO2)c1. The van der Waals surface area contributed by atoms with Crippen molar-refractivity contribution >= 4 is 11.7 Å². The lowest BCUT2D eigenvalue weighted by atomic mass is 10.1. The average Bonchev–Trinajstić information content (AvgIpc) is 2.60. The summed E-state index contributed by atoms with van der Waals surface area (Å²) in [6.45, 7) is 1.49. The van der Waals surface area contributed by atoms with Crippen molar-refractivity contribution in [1.82, 2.24) is 4.90 Å². The maximum atomic E-state index is 12.3. The second-order valence-corrected chi connectivity index (χ2v) is 5.70. The number of urea groups is 1. The van der Waals surface area contributed by atoms with Crippen LogP contribution in [0.25, 0.3) is 0 Å². The molecule has 0 bridgehead atoms. The predicted octanol–water partition coefficient (Wildman–Crippen LogP) is 3.13. The van der Waals surface area contributed by atoms with E-state index in [1.54, 1.807) is 44.4 Å². The van der Waals surface area contributed by atoms with E-state index >= 15 is 0 Å². The summed E-state index contributed by atoms with van der Waals surface area (Å²) >= 11 is 0. The molecule has 1 aliphatic heterocycles.